The summed E-state index contributed by atoms with van der Waals surface area (Å²) >= 11 is 5.87. The molecule has 2 rings (SSSR count). The van der Waals surface area contributed by atoms with Crippen LogP contribution in [0.25, 0.3) is 0 Å². The molecule has 0 spiro atoms. The third-order valence-corrected chi connectivity index (χ3v) is 4.06. The molecule has 0 saturated carbocycles. The number of ether oxygens (including phenoxy) is 1. The van der Waals surface area contributed by atoms with Crippen LogP contribution in [-0.4, -0.2) is 40.1 Å². The van der Waals surface area contributed by atoms with Crippen molar-refractivity contribution in [2.24, 2.45) is 0 Å². The Hall–Kier alpha value is -1.75. The summed E-state index contributed by atoms with van der Waals surface area (Å²) in [5.41, 5.74) is -1.15. The van der Waals surface area contributed by atoms with Crippen LogP contribution in [0.3, 0.4) is 0 Å². The van der Waals surface area contributed by atoms with Gasteiger partial charge in [-0.3, -0.25) is 4.79 Å². The molecule has 2 unspecified atom stereocenters. The molecule has 114 valence electrons. The van der Waals surface area contributed by atoms with E-state index in [9.17, 15) is 14.7 Å². The number of carbonyl (C=O) groups is 2. The molecule has 1 saturated heterocycles. The Bertz CT molecular complexity index is 562. The van der Waals surface area contributed by atoms with Crippen LogP contribution in [0.5, 0.6) is 5.75 Å². The first-order chi connectivity index (χ1) is 9.84. The van der Waals surface area contributed by atoms with Crippen LogP contribution in [0.15, 0.2) is 24.3 Å². The second kappa shape index (κ2) is 5.93. The van der Waals surface area contributed by atoms with Gasteiger partial charge in [-0.15, -0.1) is 0 Å². The summed E-state index contributed by atoms with van der Waals surface area (Å²) < 4.78 is 5.57. The van der Waals surface area contributed by atoms with Gasteiger partial charge in [-0.2, -0.15) is 0 Å². The molecule has 21 heavy (non-hydrogen) atoms. The Balaban J connectivity index is 2.10. The van der Waals surface area contributed by atoms with Gasteiger partial charge in [-0.25, -0.2) is 4.79 Å². The molecule has 1 aromatic carbocycles. The summed E-state index contributed by atoms with van der Waals surface area (Å²) in [6, 6.07) is 6.76. The number of likely N-dealkylation sites (tertiary alicyclic amines) is 1. The van der Waals surface area contributed by atoms with E-state index in [1.165, 1.54) is 4.90 Å². The number of carbonyl (C=O) groups excluding carboxylic acids is 1. The Labute approximate surface area is 128 Å². The van der Waals surface area contributed by atoms with E-state index >= 15 is 0 Å². The number of hydrogen-bond donors (Lipinski definition) is 1. The molecule has 1 heterocycles. The molecule has 1 aliphatic rings. The molecule has 1 N–H and O–H groups in total. The van der Waals surface area contributed by atoms with E-state index in [4.69, 9.17) is 16.3 Å². The van der Waals surface area contributed by atoms with Gasteiger partial charge in [0.25, 0.3) is 5.91 Å². The second-order valence-corrected chi connectivity index (χ2v) is 5.83. The number of aliphatic carboxylic acids is 1. The van der Waals surface area contributed by atoms with Crippen LogP contribution in [0, 0.1) is 0 Å². The van der Waals surface area contributed by atoms with Gasteiger partial charge in [-0.1, -0.05) is 17.7 Å². The lowest BCUT2D eigenvalue weighted by Gasteiger charge is -2.33. The number of carboxylic acid groups (broad SMARTS) is 1. The first-order valence-electron chi connectivity index (χ1n) is 6.82. The smallest absolute Gasteiger partial charge is 0.329 e. The molecular formula is C15H18ClNO4. The fraction of sp³-hybridized carbons (Fsp3) is 0.467. The van der Waals surface area contributed by atoms with Crippen molar-refractivity contribution in [2.45, 2.75) is 38.3 Å². The molecule has 1 fully saturated rings. The SMILES string of the molecule is CC(Oc1cccc(Cl)c1)C(=O)N1CCCC1(C)C(=O)O. The van der Waals surface area contributed by atoms with Gasteiger partial charge in [0.1, 0.15) is 11.3 Å². The molecule has 0 radical (unpaired) electrons. The Kier molecular flexibility index (Phi) is 4.42. The summed E-state index contributed by atoms with van der Waals surface area (Å²) in [7, 11) is 0. The number of rotatable bonds is 4. The molecule has 1 aliphatic heterocycles. The van der Waals surface area contributed by atoms with E-state index < -0.39 is 17.6 Å². The van der Waals surface area contributed by atoms with Crippen molar-refractivity contribution >= 4 is 23.5 Å². The molecule has 0 aliphatic carbocycles. The third-order valence-electron chi connectivity index (χ3n) is 3.82. The van der Waals surface area contributed by atoms with E-state index in [0.29, 0.717) is 30.2 Å². The van der Waals surface area contributed by atoms with Crippen LogP contribution in [0.4, 0.5) is 0 Å². The number of halogens is 1. The van der Waals surface area contributed by atoms with Crippen molar-refractivity contribution in [1.82, 2.24) is 4.90 Å². The summed E-state index contributed by atoms with van der Waals surface area (Å²) in [6.07, 6.45) is 0.372. The fourth-order valence-electron chi connectivity index (χ4n) is 2.55. The minimum atomic E-state index is -1.15. The minimum Gasteiger partial charge on any atom is -0.481 e. The highest BCUT2D eigenvalue weighted by molar-refractivity contribution is 6.30. The van der Waals surface area contributed by atoms with Crippen LogP contribution in [0.1, 0.15) is 26.7 Å². The zero-order valence-corrected chi connectivity index (χ0v) is 12.8. The molecule has 0 bridgehead atoms. The lowest BCUT2D eigenvalue weighted by molar-refractivity contribution is -0.157. The Morgan fingerprint density at radius 2 is 2.19 bits per heavy atom. The summed E-state index contributed by atoms with van der Waals surface area (Å²) in [5.74, 6) is -0.819. The zero-order chi connectivity index (χ0) is 15.6. The van der Waals surface area contributed by atoms with Gasteiger partial charge >= 0.3 is 5.97 Å². The third kappa shape index (κ3) is 3.13. The average molecular weight is 312 g/mol. The highest BCUT2D eigenvalue weighted by Crippen LogP contribution is 2.30. The zero-order valence-electron chi connectivity index (χ0n) is 12.0. The van der Waals surface area contributed by atoms with E-state index in [1.807, 2.05) is 0 Å². The molecule has 2 atom stereocenters. The highest BCUT2D eigenvalue weighted by Gasteiger charge is 2.47. The highest BCUT2D eigenvalue weighted by atomic mass is 35.5. The normalized spacial score (nSPS) is 22.9. The van der Waals surface area contributed by atoms with E-state index in [-0.39, 0.29) is 5.91 Å². The molecule has 6 heteroatoms. The number of hydrogen-bond acceptors (Lipinski definition) is 3. The first kappa shape index (κ1) is 15.6. The van der Waals surface area contributed by atoms with Gasteiger partial charge < -0.3 is 14.7 Å². The van der Waals surface area contributed by atoms with Gasteiger partial charge in [0.2, 0.25) is 0 Å². The van der Waals surface area contributed by atoms with Crippen LogP contribution >= 0.6 is 11.6 Å². The van der Waals surface area contributed by atoms with Crippen molar-refractivity contribution in [3.05, 3.63) is 29.3 Å². The number of amides is 1. The number of benzene rings is 1. The minimum absolute atomic E-state index is 0.322. The topological polar surface area (TPSA) is 66.8 Å². The van der Waals surface area contributed by atoms with E-state index in [0.717, 1.165) is 0 Å². The van der Waals surface area contributed by atoms with Crippen LogP contribution < -0.4 is 4.74 Å². The molecular weight excluding hydrogens is 294 g/mol. The second-order valence-electron chi connectivity index (χ2n) is 5.39. The number of carboxylic acids is 1. The quantitative estimate of drug-likeness (QED) is 0.928. The maximum atomic E-state index is 12.5. The van der Waals surface area contributed by atoms with E-state index in [2.05, 4.69) is 0 Å². The van der Waals surface area contributed by atoms with E-state index in [1.54, 1.807) is 38.1 Å². The largest absolute Gasteiger partial charge is 0.481 e. The predicted octanol–water partition coefficient (Wildman–Crippen LogP) is 2.57. The fourth-order valence-corrected chi connectivity index (χ4v) is 2.73. The monoisotopic (exact) mass is 311 g/mol. The predicted molar refractivity (Wildman–Crippen MR) is 78.5 cm³/mol. The van der Waals surface area contributed by atoms with Crippen molar-refractivity contribution in [2.75, 3.05) is 6.54 Å². The van der Waals surface area contributed by atoms with Gasteiger partial charge in [0.05, 0.1) is 0 Å². The summed E-state index contributed by atoms with van der Waals surface area (Å²) in [5, 5.41) is 9.86. The van der Waals surface area contributed by atoms with Crippen LogP contribution in [-0.2, 0) is 9.59 Å². The van der Waals surface area contributed by atoms with Crippen molar-refractivity contribution < 1.29 is 19.4 Å². The molecule has 0 aromatic heterocycles. The number of nitrogens with zero attached hydrogens (tertiary/aromatic N) is 1. The van der Waals surface area contributed by atoms with Crippen LogP contribution in [0.2, 0.25) is 5.02 Å². The van der Waals surface area contributed by atoms with Gasteiger partial charge in [0, 0.05) is 11.6 Å². The lowest BCUT2D eigenvalue weighted by Crippen LogP contribution is -2.54. The Morgan fingerprint density at radius 3 is 2.81 bits per heavy atom. The maximum Gasteiger partial charge on any atom is 0.329 e. The molecule has 1 amide bonds. The summed E-state index contributed by atoms with van der Waals surface area (Å²) in [4.78, 5) is 25.3. The van der Waals surface area contributed by atoms with Gasteiger partial charge in [-0.05, 0) is 44.9 Å². The maximum absolute atomic E-state index is 12.5. The Morgan fingerprint density at radius 1 is 1.48 bits per heavy atom. The standard InChI is InChI=1S/C15H18ClNO4/c1-10(21-12-6-3-5-11(16)9-12)13(18)17-8-4-7-15(17,2)14(19)20/h3,5-6,9-10H,4,7-8H2,1-2H3,(H,19,20). The van der Waals surface area contributed by atoms with Crippen molar-refractivity contribution in [3.8, 4) is 5.75 Å². The van der Waals surface area contributed by atoms with Crippen molar-refractivity contribution in [1.29, 1.82) is 0 Å². The average Bonchev–Trinajstić information content (AvgIpc) is 2.81. The molecule has 1 aromatic rings. The molecule has 5 nitrogen and oxygen atoms in total. The van der Waals surface area contributed by atoms with Gasteiger partial charge in [0.15, 0.2) is 6.10 Å². The first-order valence-corrected chi connectivity index (χ1v) is 7.19. The lowest BCUT2D eigenvalue weighted by atomic mass is 9.99. The summed E-state index contributed by atoms with van der Waals surface area (Å²) in [6.45, 7) is 3.63. The van der Waals surface area contributed by atoms with Crippen molar-refractivity contribution in [3.63, 3.8) is 0 Å².